The first-order valence-corrected chi connectivity index (χ1v) is 4.50. The van der Waals surface area contributed by atoms with Gasteiger partial charge in [0.2, 0.25) is 0 Å². The molecule has 0 aliphatic rings. The van der Waals surface area contributed by atoms with E-state index in [9.17, 15) is 9.90 Å². The van der Waals surface area contributed by atoms with Crippen molar-refractivity contribution in [3.8, 4) is 0 Å². The second-order valence-corrected chi connectivity index (χ2v) is 3.27. The number of carbonyl (C=O) groups is 1. The minimum atomic E-state index is -1.11. The number of aromatic nitrogens is 2. The van der Waals surface area contributed by atoms with Crippen molar-refractivity contribution < 1.29 is 15.0 Å². The number of aliphatic hydroxyl groups is 1. The molecule has 1 rings (SSSR count). The number of hydrogen-bond donors (Lipinski definition) is 3. The van der Waals surface area contributed by atoms with Gasteiger partial charge in [-0.15, -0.1) is 0 Å². The van der Waals surface area contributed by atoms with Gasteiger partial charge in [-0.3, -0.25) is 0 Å². The van der Waals surface area contributed by atoms with E-state index in [1.807, 2.05) is 0 Å². The van der Waals surface area contributed by atoms with Crippen molar-refractivity contribution in [3.05, 3.63) is 18.1 Å². The molecule has 0 amide bonds. The molecule has 15 heavy (non-hydrogen) atoms. The predicted molar refractivity (Wildman–Crippen MR) is 53.8 cm³/mol. The number of carboxylic acids is 1. The van der Waals surface area contributed by atoms with Gasteiger partial charge in [-0.05, 0) is 13.8 Å². The van der Waals surface area contributed by atoms with E-state index in [-0.39, 0.29) is 11.7 Å². The molecule has 0 saturated heterocycles. The normalized spacial score (nSPS) is 14.3. The lowest BCUT2D eigenvalue weighted by molar-refractivity contribution is 0.0690. The molecule has 6 heteroatoms. The molecule has 2 atom stereocenters. The summed E-state index contributed by atoms with van der Waals surface area (Å²) in [6.07, 6.45) is 1.97. The molecular weight excluding hydrogens is 198 g/mol. The van der Waals surface area contributed by atoms with Crippen molar-refractivity contribution in [3.63, 3.8) is 0 Å². The third kappa shape index (κ3) is 3.17. The molecule has 0 aromatic carbocycles. The number of carboxylic acid groups (broad SMARTS) is 1. The Balaban J connectivity index is 2.68. The van der Waals surface area contributed by atoms with Crippen LogP contribution in [-0.4, -0.2) is 38.3 Å². The Morgan fingerprint density at radius 3 is 2.47 bits per heavy atom. The van der Waals surface area contributed by atoms with Gasteiger partial charge in [0.25, 0.3) is 0 Å². The van der Waals surface area contributed by atoms with E-state index in [2.05, 4.69) is 15.3 Å². The first-order valence-electron chi connectivity index (χ1n) is 4.50. The first-order chi connectivity index (χ1) is 7.00. The number of aliphatic hydroxyl groups excluding tert-OH is 1. The van der Waals surface area contributed by atoms with Crippen LogP contribution in [0.15, 0.2) is 12.4 Å². The van der Waals surface area contributed by atoms with Gasteiger partial charge < -0.3 is 15.5 Å². The monoisotopic (exact) mass is 211 g/mol. The molecule has 1 aromatic heterocycles. The summed E-state index contributed by atoms with van der Waals surface area (Å²) in [7, 11) is 0. The summed E-state index contributed by atoms with van der Waals surface area (Å²) in [6.45, 7) is 3.44. The summed E-state index contributed by atoms with van der Waals surface area (Å²) in [5.74, 6) is -0.675. The van der Waals surface area contributed by atoms with Crippen LogP contribution in [0.4, 0.5) is 5.82 Å². The number of hydrogen-bond acceptors (Lipinski definition) is 5. The smallest absolute Gasteiger partial charge is 0.356 e. The van der Waals surface area contributed by atoms with E-state index in [1.54, 1.807) is 13.8 Å². The van der Waals surface area contributed by atoms with Crippen LogP contribution in [0, 0.1) is 0 Å². The third-order valence-corrected chi connectivity index (χ3v) is 1.97. The molecule has 3 N–H and O–H groups in total. The molecule has 2 unspecified atom stereocenters. The molecule has 1 aromatic rings. The fourth-order valence-corrected chi connectivity index (χ4v) is 0.867. The van der Waals surface area contributed by atoms with Gasteiger partial charge in [-0.2, -0.15) is 0 Å². The minimum absolute atomic E-state index is 0.106. The fraction of sp³-hybridized carbons (Fsp3) is 0.444. The van der Waals surface area contributed by atoms with Crippen LogP contribution < -0.4 is 5.32 Å². The van der Waals surface area contributed by atoms with E-state index in [4.69, 9.17) is 5.11 Å². The van der Waals surface area contributed by atoms with Gasteiger partial charge in [-0.25, -0.2) is 14.8 Å². The van der Waals surface area contributed by atoms with Crippen molar-refractivity contribution in [2.45, 2.75) is 26.0 Å². The molecule has 6 nitrogen and oxygen atoms in total. The van der Waals surface area contributed by atoms with Crippen LogP contribution in [0.3, 0.4) is 0 Å². The van der Waals surface area contributed by atoms with Crippen molar-refractivity contribution in [1.82, 2.24) is 9.97 Å². The summed E-state index contributed by atoms with van der Waals surface area (Å²) in [5.41, 5.74) is -0.106. The van der Waals surface area contributed by atoms with Crippen molar-refractivity contribution >= 4 is 11.8 Å². The molecule has 0 spiro atoms. The van der Waals surface area contributed by atoms with E-state index in [1.165, 1.54) is 12.4 Å². The first kappa shape index (κ1) is 11.4. The lowest BCUT2D eigenvalue weighted by Crippen LogP contribution is -2.28. The van der Waals surface area contributed by atoms with Crippen molar-refractivity contribution in [2.75, 3.05) is 5.32 Å². The number of aromatic carboxylic acids is 1. The Bertz CT molecular complexity index is 337. The van der Waals surface area contributed by atoms with E-state index in [0.717, 1.165) is 0 Å². The quantitative estimate of drug-likeness (QED) is 0.665. The number of nitrogens with one attached hydrogen (secondary N) is 1. The summed E-state index contributed by atoms with van der Waals surface area (Å²) in [4.78, 5) is 18.0. The van der Waals surface area contributed by atoms with Crippen LogP contribution in [0.1, 0.15) is 24.3 Å². The second-order valence-electron chi connectivity index (χ2n) is 3.27. The van der Waals surface area contributed by atoms with E-state index < -0.39 is 12.1 Å². The Kier molecular flexibility index (Phi) is 3.56. The maximum Gasteiger partial charge on any atom is 0.356 e. The topological polar surface area (TPSA) is 95.3 Å². The lowest BCUT2D eigenvalue weighted by Gasteiger charge is -2.16. The summed E-state index contributed by atoms with van der Waals surface area (Å²) in [6, 6.07) is -0.171. The molecule has 0 aliphatic carbocycles. The van der Waals surface area contributed by atoms with Gasteiger partial charge in [0.15, 0.2) is 5.69 Å². The zero-order valence-electron chi connectivity index (χ0n) is 8.51. The average Bonchev–Trinajstić information content (AvgIpc) is 2.18. The van der Waals surface area contributed by atoms with Gasteiger partial charge in [0.05, 0.1) is 24.5 Å². The zero-order valence-corrected chi connectivity index (χ0v) is 8.51. The number of nitrogens with zero attached hydrogens (tertiary/aromatic N) is 2. The van der Waals surface area contributed by atoms with Crippen LogP contribution in [-0.2, 0) is 0 Å². The number of anilines is 1. The van der Waals surface area contributed by atoms with E-state index >= 15 is 0 Å². The molecular formula is C9H13N3O3. The fourth-order valence-electron chi connectivity index (χ4n) is 0.867. The summed E-state index contributed by atoms with van der Waals surface area (Å²) in [5, 5.41) is 20.7. The second kappa shape index (κ2) is 4.70. The van der Waals surface area contributed by atoms with Gasteiger partial charge >= 0.3 is 5.97 Å². The van der Waals surface area contributed by atoms with Crippen molar-refractivity contribution in [2.24, 2.45) is 0 Å². The standard InChI is InChI=1S/C9H13N3O3/c1-5(6(2)13)12-8-4-10-7(3-11-8)9(14)15/h3-6,13H,1-2H3,(H,11,12)(H,14,15). The molecule has 0 aliphatic heterocycles. The van der Waals surface area contributed by atoms with Crippen LogP contribution in [0.2, 0.25) is 0 Å². The average molecular weight is 211 g/mol. The Morgan fingerprint density at radius 2 is 2.07 bits per heavy atom. The highest BCUT2D eigenvalue weighted by atomic mass is 16.4. The molecule has 0 saturated carbocycles. The number of rotatable bonds is 4. The Morgan fingerprint density at radius 1 is 1.40 bits per heavy atom. The van der Waals surface area contributed by atoms with Crippen LogP contribution in [0.25, 0.3) is 0 Å². The van der Waals surface area contributed by atoms with E-state index in [0.29, 0.717) is 5.82 Å². The minimum Gasteiger partial charge on any atom is -0.476 e. The molecule has 82 valence electrons. The third-order valence-electron chi connectivity index (χ3n) is 1.97. The maximum absolute atomic E-state index is 10.5. The highest BCUT2D eigenvalue weighted by Crippen LogP contribution is 2.05. The summed E-state index contributed by atoms with van der Waals surface area (Å²) >= 11 is 0. The lowest BCUT2D eigenvalue weighted by atomic mass is 10.2. The Labute approximate surface area is 87.0 Å². The zero-order chi connectivity index (χ0) is 11.4. The Hall–Kier alpha value is -1.69. The SMILES string of the molecule is CC(O)C(C)Nc1cnc(C(=O)O)cn1. The maximum atomic E-state index is 10.5. The predicted octanol–water partition coefficient (Wildman–Crippen LogP) is 0.356. The van der Waals surface area contributed by atoms with Crippen LogP contribution >= 0.6 is 0 Å². The molecule has 1 heterocycles. The largest absolute Gasteiger partial charge is 0.476 e. The molecule has 0 radical (unpaired) electrons. The van der Waals surface area contributed by atoms with Gasteiger partial charge in [0, 0.05) is 0 Å². The highest BCUT2D eigenvalue weighted by molar-refractivity contribution is 5.84. The van der Waals surface area contributed by atoms with Gasteiger partial charge in [0.1, 0.15) is 5.82 Å². The van der Waals surface area contributed by atoms with Gasteiger partial charge in [-0.1, -0.05) is 0 Å². The summed E-state index contributed by atoms with van der Waals surface area (Å²) < 4.78 is 0. The highest BCUT2D eigenvalue weighted by Gasteiger charge is 2.10. The van der Waals surface area contributed by atoms with Crippen molar-refractivity contribution in [1.29, 1.82) is 0 Å². The van der Waals surface area contributed by atoms with Crippen LogP contribution in [0.5, 0.6) is 0 Å². The molecule has 0 bridgehead atoms. The molecule has 0 fully saturated rings.